The van der Waals surface area contributed by atoms with Gasteiger partial charge in [-0.3, -0.25) is 10.3 Å². The molecule has 70 valence electrons. The molecule has 0 unspecified atom stereocenters. The molecular weight excluding hydrogens is 178 g/mol. The first-order valence-corrected chi connectivity index (χ1v) is 3.20. The summed E-state index contributed by atoms with van der Waals surface area (Å²) in [7, 11) is 1.17. The lowest BCUT2D eigenvalue weighted by Gasteiger charge is -2.00. The number of carbonyl (C=O) groups excluding carboxylic acids is 1. The van der Waals surface area contributed by atoms with Crippen molar-refractivity contribution in [2.45, 2.75) is 0 Å². The van der Waals surface area contributed by atoms with Gasteiger partial charge in [0.2, 0.25) is 11.9 Å². The van der Waals surface area contributed by atoms with Crippen LogP contribution in [0.2, 0.25) is 0 Å². The molecule has 8 nitrogen and oxygen atoms in total. The van der Waals surface area contributed by atoms with Gasteiger partial charge < -0.3 is 10.5 Å². The molecule has 0 saturated carbocycles. The molecule has 0 aliphatic heterocycles. The standard InChI is InChI=1S/C5H7N5O3/c1-13-5(12)10-3-7-2(6)8-4(11)9-3/h1H3,(H4,6,7,8,9,10,11,12). The highest BCUT2D eigenvalue weighted by Crippen LogP contribution is 1.94. The molecule has 4 N–H and O–H groups in total. The lowest BCUT2D eigenvalue weighted by atomic mass is 10.8. The number of hydrogen-bond donors (Lipinski definition) is 3. The van der Waals surface area contributed by atoms with Crippen LogP contribution in [-0.4, -0.2) is 28.2 Å². The Kier molecular flexibility index (Phi) is 2.43. The van der Waals surface area contributed by atoms with Crippen molar-refractivity contribution in [3.63, 3.8) is 0 Å². The number of carbonyl (C=O) groups is 1. The van der Waals surface area contributed by atoms with E-state index in [-0.39, 0.29) is 11.9 Å². The second-order valence-corrected chi connectivity index (χ2v) is 1.98. The molecule has 0 spiro atoms. The van der Waals surface area contributed by atoms with Gasteiger partial charge >= 0.3 is 11.8 Å². The maximum absolute atomic E-state index is 10.7. The number of nitrogen functional groups attached to an aromatic ring is 1. The normalized spacial score (nSPS) is 9.31. The van der Waals surface area contributed by atoms with E-state index >= 15 is 0 Å². The van der Waals surface area contributed by atoms with E-state index in [4.69, 9.17) is 5.73 Å². The average molecular weight is 185 g/mol. The summed E-state index contributed by atoms with van der Waals surface area (Å²) in [5.74, 6) is -0.334. The Bertz CT molecular complexity index is 373. The molecule has 0 saturated heterocycles. The highest BCUT2D eigenvalue weighted by Gasteiger charge is 2.04. The number of aromatic amines is 1. The summed E-state index contributed by atoms with van der Waals surface area (Å²) in [5.41, 5.74) is 4.48. The number of ether oxygens (including phenoxy) is 1. The van der Waals surface area contributed by atoms with E-state index in [0.29, 0.717) is 0 Å². The van der Waals surface area contributed by atoms with Crippen molar-refractivity contribution in [2.24, 2.45) is 0 Å². The molecule has 0 radical (unpaired) electrons. The van der Waals surface area contributed by atoms with Crippen molar-refractivity contribution in [3.05, 3.63) is 10.5 Å². The average Bonchev–Trinajstić information content (AvgIpc) is 2.02. The molecule has 1 aromatic heterocycles. The monoisotopic (exact) mass is 185 g/mol. The van der Waals surface area contributed by atoms with E-state index in [1.807, 2.05) is 0 Å². The van der Waals surface area contributed by atoms with E-state index in [1.54, 1.807) is 0 Å². The Morgan fingerprint density at radius 2 is 2.31 bits per heavy atom. The number of nitrogens with one attached hydrogen (secondary N) is 2. The molecule has 1 aromatic rings. The fourth-order valence-electron chi connectivity index (χ4n) is 0.599. The summed E-state index contributed by atoms with van der Waals surface area (Å²) >= 11 is 0. The van der Waals surface area contributed by atoms with E-state index in [0.717, 1.165) is 0 Å². The van der Waals surface area contributed by atoms with Crippen molar-refractivity contribution in [1.29, 1.82) is 0 Å². The largest absolute Gasteiger partial charge is 0.453 e. The third kappa shape index (κ3) is 2.43. The van der Waals surface area contributed by atoms with E-state index in [2.05, 4.69) is 25.0 Å². The Balaban J connectivity index is 2.89. The number of amides is 1. The number of nitrogens with two attached hydrogens (primary N) is 1. The maximum atomic E-state index is 10.7. The van der Waals surface area contributed by atoms with Gasteiger partial charge in [-0.05, 0) is 0 Å². The highest BCUT2D eigenvalue weighted by atomic mass is 16.5. The van der Waals surface area contributed by atoms with Gasteiger partial charge in [-0.15, -0.1) is 0 Å². The molecule has 0 aromatic carbocycles. The van der Waals surface area contributed by atoms with Gasteiger partial charge in [0, 0.05) is 0 Å². The first-order chi connectivity index (χ1) is 6.11. The molecule has 1 heterocycles. The molecule has 1 rings (SSSR count). The smallest absolute Gasteiger partial charge is 0.413 e. The molecule has 1 amide bonds. The lowest BCUT2D eigenvalue weighted by molar-refractivity contribution is 0.186. The van der Waals surface area contributed by atoms with Crippen LogP contribution in [0, 0.1) is 0 Å². The Morgan fingerprint density at radius 3 is 2.85 bits per heavy atom. The predicted octanol–water partition coefficient (Wildman–Crippen LogP) is -1.07. The van der Waals surface area contributed by atoms with Crippen molar-refractivity contribution >= 4 is 18.0 Å². The molecule has 0 bridgehead atoms. The van der Waals surface area contributed by atoms with Crippen LogP contribution in [0.5, 0.6) is 0 Å². The van der Waals surface area contributed by atoms with Gasteiger partial charge in [0.05, 0.1) is 7.11 Å². The Morgan fingerprint density at radius 1 is 1.62 bits per heavy atom. The molecule has 13 heavy (non-hydrogen) atoms. The zero-order valence-electron chi connectivity index (χ0n) is 6.70. The number of hydrogen-bond acceptors (Lipinski definition) is 6. The van der Waals surface area contributed by atoms with Crippen molar-refractivity contribution in [2.75, 3.05) is 18.2 Å². The third-order valence-electron chi connectivity index (χ3n) is 1.07. The first kappa shape index (κ1) is 8.97. The van der Waals surface area contributed by atoms with Crippen LogP contribution < -0.4 is 16.7 Å². The van der Waals surface area contributed by atoms with Crippen molar-refractivity contribution in [3.8, 4) is 0 Å². The SMILES string of the molecule is COC(=O)Nc1nc(N)[nH]c(=O)n1. The fourth-order valence-corrected chi connectivity index (χ4v) is 0.599. The van der Waals surface area contributed by atoms with Crippen LogP contribution in [0.1, 0.15) is 0 Å². The number of anilines is 2. The van der Waals surface area contributed by atoms with Crippen molar-refractivity contribution < 1.29 is 9.53 Å². The van der Waals surface area contributed by atoms with Gasteiger partial charge in [0.15, 0.2) is 0 Å². The zero-order valence-corrected chi connectivity index (χ0v) is 6.70. The summed E-state index contributed by atoms with van der Waals surface area (Å²) in [6.07, 6.45) is -0.773. The van der Waals surface area contributed by atoms with E-state index < -0.39 is 11.8 Å². The predicted molar refractivity (Wildman–Crippen MR) is 43.1 cm³/mol. The number of nitrogens with zero attached hydrogens (tertiary/aromatic N) is 2. The van der Waals surface area contributed by atoms with Crippen LogP contribution >= 0.6 is 0 Å². The molecule has 8 heteroatoms. The molecule has 0 fully saturated rings. The van der Waals surface area contributed by atoms with Crippen LogP contribution in [0.25, 0.3) is 0 Å². The van der Waals surface area contributed by atoms with Gasteiger partial charge in [-0.25, -0.2) is 9.59 Å². The maximum Gasteiger partial charge on any atom is 0.413 e. The summed E-state index contributed by atoms with van der Waals surface area (Å²) in [6.45, 7) is 0. The Hall–Kier alpha value is -2.12. The molecule has 0 atom stereocenters. The minimum absolute atomic E-state index is 0.133. The first-order valence-electron chi connectivity index (χ1n) is 3.20. The minimum atomic E-state index is -0.773. The van der Waals surface area contributed by atoms with Gasteiger partial charge in [-0.2, -0.15) is 9.97 Å². The van der Waals surface area contributed by atoms with Crippen LogP contribution in [0.15, 0.2) is 4.79 Å². The summed E-state index contributed by atoms with van der Waals surface area (Å²) in [5, 5.41) is 2.09. The molecular formula is C5H7N5O3. The lowest BCUT2D eigenvalue weighted by Crippen LogP contribution is -2.21. The number of aromatic nitrogens is 3. The van der Waals surface area contributed by atoms with E-state index in [9.17, 15) is 9.59 Å². The summed E-state index contributed by atoms with van der Waals surface area (Å²) in [6, 6.07) is 0. The fraction of sp³-hybridized carbons (Fsp3) is 0.200. The second kappa shape index (κ2) is 3.52. The van der Waals surface area contributed by atoms with Gasteiger partial charge in [0.25, 0.3) is 0 Å². The molecule has 0 aliphatic carbocycles. The highest BCUT2D eigenvalue weighted by molar-refractivity contribution is 5.82. The third-order valence-corrected chi connectivity index (χ3v) is 1.07. The summed E-state index contributed by atoms with van der Waals surface area (Å²) < 4.78 is 4.25. The second-order valence-electron chi connectivity index (χ2n) is 1.98. The van der Waals surface area contributed by atoms with Crippen LogP contribution in [0.3, 0.4) is 0 Å². The number of methoxy groups -OCH3 is 1. The Labute approximate surface area is 72.1 Å². The topological polar surface area (TPSA) is 123 Å². The van der Waals surface area contributed by atoms with Gasteiger partial charge in [-0.1, -0.05) is 0 Å². The van der Waals surface area contributed by atoms with Crippen LogP contribution in [-0.2, 0) is 4.74 Å². The van der Waals surface area contributed by atoms with Crippen molar-refractivity contribution in [1.82, 2.24) is 15.0 Å². The van der Waals surface area contributed by atoms with Crippen LogP contribution in [0.4, 0.5) is 16.7 Å². The number of H-pyrrole nitrogens is 1. The zero-order chi connectivity index (χ0) is 9.84. The quantitative estimate of drug-likeness (QED) is 0.511. The number of rotatable bonds is 1. The van der Waals surface area contributed by atoms with Gasteiger partial charge in [0.1, 0.15) is 0 Å². The summed E-state index contributed by atoms with van der Waals surface area (Å²) in [4.78, 5) is 30.3. The molecule has 0 aliphatic rings. The minimum Gasteiger partial charge on any atom is -0.453 e. The van der Waals surface area contributed by atoms with E-state index in [1.165, 1.54) is 7.11 Å².